The Bertz CT molecular complexity index is 1750. The number of rotatable bonds is 61. The summed E-state index contributed by atoms with van der Waals surface area (Å²) in [6, 6.07) is 0. The van der Waals surface area contributed by atoms with Gasteiger partial charge in [-0.15, -0.1) is 0 Å². The molecule has 2 atom stereocenters. The molecule has 0 amide bonds. The Morgan fingerprint density at radius 3 is 1.06 bits per heavy atom. The Hall–Kier alpha value is -3.33. The van der Waals surface area contributed by atoms with Gasteiger partial charge in [0.25, 0.3) is 0 Å². The number of carbonyl (C=O) groups excluding carboxylic acids is 2. The summed E-state index contributed by atoms with van der Waals surface area (Å²) < 4.78 is 34.6. The fourth-order valence-electron chi connectivity index (χ4n) is 9.15. The fraction of sp³-hybridized carbons (Fsp3) is 0.722. The molecule has 82 heavy (non-hydrogen) atoms. The third-order valence-corrected chi connectivity index (χ3v) is 15.3. The summed E-state index contributed by atoms with van der Waals surface area (Å²) in [5, 5.41) is 0. The van der Waals surface area contributed by atoms with Gasteiger partial charge in [-0.3, -0.25) is 18.6 Å². The van der Waals surface area contributed by atoms with E-state index in [4.69, 9.17) is 18.5 Å². The summed E-state index contributed by atoms with van der Waals surface area (Å²) in [5.74, 6) is -0.846. The molecule has 0 radical (unpaired) electrons. The monoisotopic (exact) mass is 1160 g/mol. The highest BCUT2D eigenvalue weighted by Crippen LogP contribution is 2.43. The summed E-state index contributed by atoms with van der Waals surface area (Å²) in [6.07, 6.45) is 87.8. The first-order chi connectivity index (χ1) is 40.0. The average molecular weight is 1170 g/mol. The minimum absolute atomic E-state index is 0.0189. The number of quaternary nitrogens is 1. The van der Waals surface area contributed by atoms with Crippen molar-refractivity contribution in [2.24, 2.45) is 0 Å². The van der Waals surface area contributed by atoms with Crippen molar-refractivity contribution in [1.82, 2.24) is 0 Å². The lowest BCUT2D eigenvalue weighted by Crippen LogP contribution is -2.37. The summed E-state index contributed by atoms with van der Waals surface area (Å²) in [4.78, 5) is 35.8. The molecule has 0 aliphatic heterocycles. The van der Waals surface area contributed by atoms with Gasteiger partial charge in [0.15, 0.2) is 6.10 Å². The van der Waals surface area contributed by atoms with E-state index in [-0.39, 0.29) is 32.0 Å². The second-order valence-electron chi connectivity index (χ2n) is 23.5. The van der Waals surface area contributed by atoms with Crippen LogP contribution in [0, 0.1) is 0 Å². The first-order valence-corrected chi connectivity index (χ1v) is 35.1. The average Bonchev–Trinajstić information content (AvgIpc) is 3.46. The highest BCUT2D eigenvalue weighted by Gasteiger charge is 2.27. The van der Waals surface area contributed by atoms with Crippen LogP contribution in [0.4, 0.5) is 0 Å². The molecule has 0 saturated heterocycles. The predicted octanol–water partition coefficient (Wildman–Crippen LogP) is 21.7. The lowest BCUT2D eigenvalue weighted by Gasteiger charge is -2.24. The van der Waals surface area contributed by atoms with Gasteiger partial charge in [-0.1, -0.05) is 277 Å². The Labute approximate surface area is 506 Å². The van der Waals surface area contributed by atoms with Crippen LogP contribution in [-0.2, 0) is 32.7 Å². The van der Waals surface area contributed by atoms with E-state index in [2.05, 4.69) is 123 Å². The van der Waals surface area contributed by atoms with Crippen molar-refractivity contribution in [3.63, 3.8) is 0 Å². The molecule has 0 heterocycles. The van der Waals surface area contributed by atoms with Crippen LogP contribution in [0.1, 0.15) is 284 Å². The smallest absolute Gasteiger partial charge is 0.462 e. The van der Waals surface area contributed by atoms with Crippen LogP contribution < -0.4 is 0 Å². The van der Waals surface area contributed by atoms with E-state index in [1.165, 1.54) is 167 Å². The maximum absolute atomic E-state index is 12.8. The SMILES string of the molecule is CC/C=C\C/C=C\C/C=C\C/C=C\C/C=C\C/C=C\CCCCC(=O)OC(COC(=O)CCCCCCCCCCCCCCCCCCCCCCCC/C=C\C/C=C\C/C=C\CCCCCCC)COP(=O)(O)OCC[N+](C)(C)C. The first-order valence-electron chi connectivity index (χ1n) is 33.6. The van der Waals surface area contributed by atoms with Crippen LogP contribution in [0.3, 0.4) is 0 Å². The van der Waals surface area contributed by atoms with Crippen molar-refractivity contribution in [2.45, 2.75) is 290 Å². The zero-order valence-corrected chi connectivity index (χ0v) is 54.6. The number of likely N-dealkylation sites (N-methyl/N-ethyl adjacent to an activating group) is 1. The van der Waals surface area contributed by atoms with E-state index in [0.717, 1.165) is 83.5 Å². The number of hydrogen-bond donors (Lipinski definition) is 1. The van der Waals surface area contributed by atoms with Gasteiger partial charge in [0.1, 0.15) is 19.8 Å². The summed E-state index contributed by atoms with van der Waals surface area (Å²) in [7, 11) is 1.44. The van der Waals surface area contributed by atoms with Crippen molar-refractivity contribution >= 4 is 19.8 Å². The number of phosphoric acid groups is 1. The number of phosphoric ester groups is 1. The van der Waals surface area contributed by atoms with E-state index < -0.39 is 26.5 Å². The Kier molecular flexibility index (Phi) is 59.7. The lowest BCUT2D eigenvalue weighted by molar-refractivity contribution is -0.870. The van der Waals surface area contributed by atoms with Crippen LogP contribution >= 0.6 is 7.82 Å². The molecule has 0 bridgehead atoms. The first kappa shape index (κ1) is 78.7. The molecule has 0 aliphatic rings. The largest absolute Gasteiger partial charge is 0.472 e. The molecule has 472 valence electrons. The van der Waals surface area contributed by atoms with Gasteiger partial charge < -0.3 is 18.9 Å². The van der Waals surface area contributed by atoms with Crippen molar-refractivity contribution in [1.29, 1.82) is 0 Å². The summed E-state index contributed by atoms with van der Waals surface area (Å²) in [5.41, 5.74) is 0. The quantitative estimate of drug-likeness (QED) is 0.0211. The number of ether oxygens (including phenoxy) is 2. The van der Waals surface area contributed by atoms with Crippen molar-refractivity contribution in [3.05, 3.63) is 109 Å². The van der Waals surface area contributed by atoms with Gasteiger partial charge in [-0.05, 0) is 103 Å². The summed E-state index contributed by atoms with van der Waals surface area (Å²) in [6.45, 7) is 4.27. The molecule has 10 heteroatoms. The highest BCUT2D eigenvalue weighted by molar-refractivity contribution is 7.47. The molecule has 0 fully saturated rings. The molecule has 0 spiro atoms. The maximum atomic E-state index is 12.8. The van der Waals surface area contributed by atoms with Crippen LogP contribution in [0.25, 0.3) is 0 Å². The lowest BCUT2D eigenvalue weighted by atomic mass is 10.0. The molecule has 0 aromatic rings. The van der Waals surface area contributed by atoms with Gasteiger partial charge in [-0.25, -0.2) is 4.57 Å². The standard InChI is InChI=1S/C72H126NO8P/c1-6-8-10-12-14-16-18-20-22-24-26-28-29-30-31-32-33-34-35-36-37-38-39-40-41-42-43-45-46-48-50-52-54-56-58-60-62-64-71(74)78-68-70(69-80-82(76,77)79-67-66-73(3,4)5)81-72(75)65-63-61-59-57-55-53-51-49-47-44-27-25-23-21-19-17-15-13-11-9-7-2/h9,11,15,17-18,20-21,23-24,26-27,29-30,44,49,51,55,57,70H,6-8,10,12-14,16,19,22,25,28,31-43,45-48,50,52-54,56,58-69H2,1-5H3/p+1/b11-9-,17-15-,20-18-,23-21-,26-24-,30-29-,44-27-,51-49-,57-55-. The molecule has 0 rings (SSSR count). The Morgan fingerprint density at radius 1 is 0.390 bits per heavy atom. The number of allylic oxidation sites excluding steroid dienone is 18. The zero-order chi connectivity index (χ0) is 59.8. The molecule has 0 saturated carbocycles. The third-order valence-electron chi connectivity index (χ3n) is 14.3. The van der Waals surface area contributed by atoms with Gasteiger partial charge >= 0.3 is 19.8 Å². The second kappa shape index (κ2) is 62.2. The van der Waals surface area contributed by atoms with E-state index in [0.29, 0.717) is 17.4 Å². The normalized spacial score (nSPS) is 13.9. The van der Waals surface area contributed by atoms with Gasteiger partial charge in [-0.2, -0.15) is 0 Å². The van der Waals surface area contributed by atoms with Crippen molar-refractivity contribution in [3.8, 4) is 0 Å². The molecule has 0 aliphatic carbocycles. The Balaban J connectivity index is 4.03. The van der Waals surface area contributed by atoms with Gasteiger partial charge in [0.05, 0.1) is 27.7 Å². The third kappa shape index (κ3) is 65.8. The zero-order valence-electron chi connectivity index (χ0n) is 53.7. The van der Waals surface area contributed by atoms with Crippen LogP contribution in [0.5, 0.6) is 0 Å². The molecule has 0 aromatic carbocycles. The molecule has 9 nitrogen and oxygen atoms in total. The maximum Gasteiger partial charge on any atom is 0.472 e. The number of carbonyl (C=O) groups is 2. The van der Waals surface area contributed by atoms with Gasteiger partial charge in [0.2, 0.25) is 0 Å². The van der Waals surface area contributed by atoms with E-state index in [1.807, 2.05) is 21.1 Å². The second-order valence-corrected chi connectivity index (χ2v) is 24.9. The van der Waals surface area contributed by atoms with E-state index in [9.17, 15) is 19.0 Å². The van der Waals surface area contributed by atoms with Crippen LogP contribution in [0.15, 0.2) is 109 Å². The molecule has 1 N–H and O–H groups in total. The number of hydrogen-bond acceptors (Lipinski definition) is 7. The van der Waals surface area contributed by atoms with Crippen molar-refractivity contribution in [2.75, 3.05) is 47.5 Å². The minimum Gasteiger partial charge on any atom is -0.462 e. The topological polar surface area (TPSA) is 108 Å². The van der Waals surface area contributed by atoms with E-state index in [1.54, 1.807) is 0 Å². The minimum atomic E-state index is -4.41. The van der Waals surface area contributed by atoms with Crippen LogP contribution in [0.2, 0.25) is 0 Å². The fourth-order valence-corrected chi connectivity index (χ4v) is 9.89. The summed E-state index contributed by atoms with van der Waals surface area (Å²) >= 11 is 0. The van der Waals surface area contributed by atoms with Crippen LogP contribution in [-0.4, -0.2) is 74.9 Å². The highest BCUT2D eigenvalue weighted by atomic mass is 31.2. The molecular weight excluding hydrogens is 1040 g/mol. The Morgan fingerprint density at radius 2 is 0.695 bits per heavy atom. The predicted molar refractivity (Wildman–Crippen MR) is 353 cm³/mol. The number of nitrogens with zero attached hydrogens (tertiary/aromatic N) is 1. The molecule has 2 unspecified atom stereocenters. The molecule has 0 aromatic heterocycles. The number of esters is 2. The van der Waals surface area contributed by atoms with Crippen molar-refractivity contribution < 1.29 is 42.1 Å². The molecular formula is C72H127NO8P+. The van der Waals surface area contributed by atoms with E-state index >= 15 is 0 Å². The van der Waals surface area contributed by atoms with Gasteiger partial charge in [0, 0.05) is 12.8 Å². The number of unbranched alkanes of at least 4 members (excludes halogenated alkanes) is 29.